The minimum atomic E-state index is -0.552. The van der Waals surface area contributed by atoms with Crippen LogP contribution in [0, 0.1) is 10.1 Å². The number of nitro groups is 1. The van der Waals surface area contributed by atoms with E-state index in [9.17, 15) is 10.1 Å². The molecule has 7 nitrogen and oxygen atoms in total. The third-order valence-electron chi connectivity index (χ3n) is 2.58. The van der Waals surface area contributed by atoms with Gasteiger partial charge in [-0.25, -0.2) is 0 Å². The Hall–Kier alpha value is -2.83. The van der Waals surface area contributed by atoms with Crippen molar-refractivity contribution in [1.82, 2.24) is 4.98 Å². The summed E-state index contributed by atoms with van der Waals surface area (Å²) >= 11 is 0. The van der Waals surface area contributed by atoms with E-state index < -0.39 is 4.92 Å². The number of hydrogen-bond acceptors (Lipinski definition) is 6. The van der Waals surface area contributed by atoms with Gasteiger partial charge in [-0.05, 0) is 24.3 Å². The molecule has 0 atom stereocenters. The van der Waals surface area contributed by atoms with E-state index >= 15 is 0 Å². The third kappa shape index (κ3) is 2.94. The van der Waals surface area contributed by atoms with Crippen LogP contribution in [0.2, 0.25) is 0 Å². The van der Waals surface area contributed by atoms with Gasteiger partial charge in [0.15, 0.2) is 0 Å². The van der Waals surface area contributed by atoms with Gasteiger partial charge in [-0.3, -0.25) is 10.1 Å². The van der Waals surface area contributed by atoms with Gasteiger partial charge in [0.2, 0.25) is 5.88 Å². The molecule has 7 heteroatoms. The van der Waals surface area contributed by atoms with E-state index in [0.717, 1.165) is 5.69 Å². The van der Waals surface area contributed by atoms with Gasteiger partial charge in [-0.2, -0.15) is 4.98 Å². The average molecular weight is 275 g/mol. The number of aromatic nitrogens is 1. The second-order valence-corrected chi connectivity index (χ2v) is 3.81. The Bertz CT molecular complexity index is 614. The second-order valence-electron chi connectivity index (χ2n) is 3.81. The zero-order chi connectivity index (χ0) is 14.5. The number of ether oxygens (including phenoxy) is 2. The summed E-state index contributed by atoms with van der Waals surface area (Å²) in [6, 6.07) is 9.67. The molecule has 2 aromatic rings. The second kappa shape index (κ2) is 5.87. The molecule has 0 fully saturated rings. The van der Waals surface area contributed by atoms with E-state index in [1.165, 1.54) is 19.2 Å². The summed E-state index contributed by atoms with van der Waals surface area (Å²) in [5.41, 5.74) is 0.689. The molecular weight excluding hydrogens is 262 g/mol. The minimum absolute atomic E-state index is 0.105. The molecule has 1 aromatic heterocycles. The van der Waals surface area contributed by atoms with Gasteiger partial charge in [0.25, 0.3) is 0 Å². The Morgan fingerprint density at radius 3 is 2.45 bits per heavy atom. The number of rotatable bonds is 5. The first-order chi connectivity index (χ1) is 9.63. The fraction of sp³-hybridized carbons (Fsp3) is 0.154. The lowest BCUT2D eigenvalue weighted by Crippen LogP contribution is -1.98. The zero-order valence-corrected chi connectivity index (χ0v) is 11.0. The van der Waals surface area contributed by atoms with Crippen molar-refractivity contribution in [2.24, 2.45) is 0 Å². The van der Waals surface area contributed by atoms with Crippen LogP contribution in [-0.4, -0.2) is 24.1 Å². The van der Waals surface area contributed by atoms with E-state index in [1.54, 1.807) is 31.3 Å². The molecule has 0 saturated heterocycles. The molecule has 0 spiro atoms. The molecule has 0 unspecified atom stereocenters. The Labute approximate surface area is 115 Å². The number of nitrogens with one attached hydrogen (secondary N) is 1. The van der Waals surface area contributed by atoms with Crippen LogP contribution < -0.4 is 14.8 Å². The van der Waals surface area contributed by atoms with E-state index in [-0.39, 0.29) is 17.4 Å². The lowest BCUT2D eigenvalue weighted by molar-refractivity contribution is -0.386. The maximum atomic E-state index is 10.9. The molecule has 1 N–H and O–H groups in total. The van der Waals surface area contributed by atoms with Crippen LogP contribution in [0.1, 0.15) is 0 Å². The van der Waals surface area contributed by atoms with Crippen LogP contribution in [0.4, 0.5) is 11.4 Å². The van der Waals surface area contributed by atoms with Crippen molar-refractivity contribution in [2.75, 3.05) is 19.5 Å². The molecule has 2 rings (SSSR count). The molecule has 1 heterocycles. The summed E-state index contributed by atoms with van der Waals surface area (Å²) in [7, 11) is 3.23. The first kappa shape index (κ1) is 13.6. The third-order valence-corrected chi connectivity index (χ3v) is 2.58. The van der Waals surface area contributed by atoms with Crippen molar-refractivity contribution in [3.8, 4) is 17.5 Å². The van der Waals surface area contributed by atoms with Crippen LogP contribution in [-0.2, 0) is 0 Å². The Morgan fingerprint density at radius 1 is 1.20 bits per heavy atom. The maximum absolute atomic E-state index is 10.9. The molecular formula is C13H13N3O4. The molecule has 0 aliphatic heterocycles. The highest BCUT2D eigenvalue weighted by molar-refractivity contribution is 5.49. The number of benzene rings is 1. The van der Waals surface area contributed by atoms with Crippen LogP contribution in [0.3, 0.4) is 0 Å². The van der Waals surface area contributed by atoms with Gasteiger partial charge >= 0.3 is 11.6 Å². The summed E-state index contributed by atoms with van der Waals surface area (Å²) in [6.07, 6.45) is 0. The maximum Gasteiger partial charge on any atom is 0.331 e. The van der Waals surface area contributed by atoms with Crippen molar-refractivity contribution in [1.29, 1.82) is 0 Å². The standard InChI is InChI=1S/C13H13N3O4/c1-14-9-3-5-10(6-4-9)20-13-11(16(17)18)7-8-12(15-13)19-2/h3-8,14H,1-2H3. The van der Waals surface area contributed by atoms with Crippen molar-refractivity contribution in [3.63, 3.8) is 0 Å². The van der Waals surface area contributed by atoms with Crippen LogP contribution in [0.5, 0.6) is 17.5 Å². The summed E-state index contributed by atoms with van der Waals surface area (Å²) in [5.74, 6) is 0.594. The van der Waals surface area contributed by atoms with E-state index in [0.29, 0.717) is 5.75 Å². The molecule has 1 aromatic carbocycles. The lowest BCUT2D eigenvalue weighted by Gasteiger charge is -2.07. The number of hydrogen-bond donors (Lipinski definition) is 1. The van der Waals surface area contributed by atoms with E-state index in [2.05, 4.69) is 10.3 Å². The van der Waals surface area contributed by atoms with Crippen molar-refractivity contribution in [2.45, 2.75) is 0 Å². The molecule has 104 valence electrons. The van der Waals surface area contributed by atoms with Gasteiger partial charge in [-0.15, -0.1) is 0 Å². The normalized spacial score (nSPS) is 9.90. The van der Waals surface area contributed by atoms with Crippen molar-refractivity contribution >= 4 is 11.4 Å². The van der Waals surface area contributed by atoms with E-state index in [1.807, 2.05) is 0 Å². The topological polar surface area (TPSA) is 86.5 Å². The minimum Gasteiger partial charge on any atom is -0.481 e. The van der Waals surface area contributed by atoms with E-state index in [4.69, 9.17) is 9.47 Å². The molecule has 0 saturated carbocycles. The molecule has 0 aliphatic carbocycles. The quantitative estimate of drug-likeness (QED) is 0.667. The summed E-state index contributed by atoms with van der Waals surface area (Å²) in [4.78, 5) is 14.3. The molecule has 0 radical (unpaired) electrons. The fourth-order valence-corrected chi connectivity index (χ4v) is 1.55. The van der Waals surface area contributed by atoms with Crippen LogP contribution >= 0.6 is 0 Å². The summed E-state index contributed by atoms with van der Waals surface area (Å²) < 4.78 is 10.4. The van der Waals surface area contributed by atoms with Gasteiger partial charge in [-0.1, -0.05) is 0 Å². The van der Waals surface area contributed by atoms with Crippen LogP contribution in [0.25, 0.3) is 0 Å². The van der Waals surface area contributed by atoms with Gasteiger partial charge < -0.3 is 14.8 Å². The molecule has 0 aliphatic rings. The number of anilines is 1. The SMILES string of the molecule is CNc1ccc(Oc2nc(OC)ccc2[N+](=O)[O-])cc1. The first-order valence-corrected chi connectivity index (χ1v) is 5.79. The van der Waals surface area contributed by atoms with Crippen molar-refractivity contribution in [3.05, 3.63) is 46.5 Å². The number of nitrogens with zero attached hydrogens (tertiary/aromatic N) is 2. The summed E-state index contributed by atoms with van der Waals surface area (Å²) in [5, 5.41) is 13.9. The predicted molar refractivity (Wildman–Crippen MR) is 73.5 cm³/mol. The average Bonchev–Trinajstić information content (AvgIpc) is 2.47. The first-order valence-electron chi connectivity index (χ1n) is 5.79. The summed E-state index contributed by atoms with van der Waals surface area (Å²) in [6.45, 7) is 0. The monoisotopic (exact) mass is 275 g/mol. The number of pyridine rings is 1. The van der Waals surface area contributed by atoms with Gasteiger partial charge in [0.05, 0.1) is 12.0 Å². The van der Waals surface area contributed by atoms with Gasteiger partial charge in [0, 0.05) is 24.9 Å². The Balaban J connectivity index is 2.32. The number of methoxy groups -OCH3 is 1. The smallest absolute Gasteiger partial charge is 0.331 e. The highest BCUT2D eigenvalue weighted by atomic mass is 16.6. The zero-order valence-electron chi connectivity index (χ0n) is 11.0. The predicted octanol–water partition coefficient (Wildman–Crippen LogP) is 2.83. The molecule has 0 bridgehead atoms. The Morgan fingerprint density at radius 2 is 1.90 bits per heavy atom. The highest BCUT2D eigenvalue weighted by Gasteiger charge is 2.18. The van der Waals surface area contributed by atoms with Crippen molar-refractivity contribution < 1.29 is 14.4 Å². The fourth-order valence-electron chi connectivity index (χ4n) is 1.55. The Kier molecular flexibility index (Phi) is 3.99. The van der Waals surface area contributed by atoms with Gasteiger partial charge in [0.1, 0.15) is 5.75 Å². The molecule has 20 heavy (non-hydrogen) atoms. The largest absolute Gasteiger partial charge is 0.481 e. The van der Waals surface area contributed by atoms with Crippen LogP contribution in [0.15, 0.2) is 36.4 Å². The molecule has 0 amide bonds. The lowest BCUT2D eigenvalue weighted by atomic mass is 10.3. The highest BCUT2D eigenvalue weighted by Crippen LogP contribution is 2.31.